The molecule has 0 saturated carbocycles. The summed E-state index contributed by atoms with van der Waals surface area (Å²) in [5.41, 5.74) is 13.1. The SMILES string of the molecule is Cc1[nH]nc2ccc(-c3cncc(OC[C@@H](N)Cc4ccc(C)c5ccccc45)c3)cc12. The summed E-state index contributed by atoms with van der Waals surface area (Å²) >= 11 is 0. The molecule has 0 unspecified atom stereocenters. The molecule has 0 aliphatic carbocycles. The third-order valence-corrected chi connectivity index (χ3v) is 5.97. The van der Waals surface area contributed by atoms with Gasteiger partial charge in [-0.2, -0.15) is 5.10 Å². The molecule has 32 heavy (non-hydrogen) atoms. The monoisotopic (exact) mass is 422 g/mol. The lowest BCUT2D eigenvalue weighted by Gasteiger charge is -2.16. The van der Waals surface area contributed by atoms with Crippen molar-refractivity contribution in [3.8, 4) is 16.9 Å². The third kappa shape index (κ3) is 3.95. The van der Waals surface area contributed by atoms with Crippen LogP contribution in [0.5, 0.6) is 5.75 Å². The van der Waals surface area contributed by atoms with Gasteiger partial charge in [0.15, 0.2) is 0 Å². The molecule has 0 aliphatic rings. The minimum Gasteiger partial charge on any atom is -0.490 e. The lowest BCUT2D eigenvalue weighted by Crippen LogP contribution is -2.30. The Morgan fingerprint density at radius 1 is 0.906 bits per heavy atom. The molecule has 5 nitrogen and oxygen atoms in total. The van der Waals surface area contributed by atoms with Crippen LogP contribution in [0.4, 0.5) is 0 Å². The summed E-state index contributed by atoms with van der Waals surface area (Å²) < 4.78 is 6.03. The fourth-order valence-electron chi connectivity index (χ4n) is 4.21. The van der Waals surface area contributed by atoms with E-state index >= 15 is 0 Å². The number of fused-ring (bicyclic) bond motifs is 2. The van der Waals surface area contributed by atoms with E-state index in [0.717, 1.165) is 39.9 Å². The topological polar surface area (TPSA) is 76.8 Å². The first-order chi connectivity index (χ1) is 15.6. The van der Waals surface area contributed by atoms with Crippen molar-refractivity contribution in [2.45, 2.75) is 26.3 Å². The van der Waals surface area contributed by atoms with Crippen LogP contribution in [0, 0.1) is 13.8 Å². The Morgan fingerprint density at radius 3 is 2.62 bits per heavy atom. The van der Waals surface area contributed by atoms with Crippen molar-refractivity contribution >= 4 is 21.7 Å². The van der Waals surface area contributed by atoms with Crippen LogP contribution in [0.25, 0.3) is 32.8 Å². The number of H-pyrrole nitrogens is 1. The molecule has 0 fully saturated rings. The summed E-state index contributed by atoms with van der Waals surface area (Å²) in [6.45, 7) is 4.59. The molecule has 3 N–H and O–H groups in total. The van der Waals surface area contributed by atoms with Crippen molar-refractivity contribution in [1.29, 1.82) is 0 Å². The van der Waals surface area contributed by atoms with Crippen LogP contribution in [0.3, 0.4) is 0 Å². The van der Waals surface area contributed by atoms with E-state index in [0.29, 0.717) is 6.61 Å². The lowest BCUT2D eigenvalue weighted by atomic mass is 9.96. The summed E-state index contributed by atoms with van der Waals surface area (Å²) in [7, 11) is 0. The molecular weight excluding hydrogens is 396 g/mol. The van der Waals surface area contributed by atoms with Crippen LogP contribution >= 0.6 is 0 Å². The van der Waals surface area contributed by atoms with Gasteiger partial charge in [-0.25, -0.2) is 0 Å². The van der Waals surface area contributed by atoms with Gasteiger partial charge in [0.05, 0.1) is 11.7 Å². The number of rotatable bonds is 6. The lowest BCUT2D eigenvalue weighted by molar-refractivity contribution is 0.287. The van der Waals surface area contributed by atoms with Gasteiger partial charge >= 0.3 is 0 Å². The quantitative estimate of drug-likeness (QED) is 0.387. The van der Waals surface area contributed by atoms with Crippen LogP contribution in [0.15, 0.2) is 73.1 Å². The Morgan fingerprint density at radius 2 is 1.75 bits per heavy atom. The highest BCUT2D eigenvalue weighted by Gasteiger charge is 2.11. The van der Waals surface area contributed by atoms with Crippen molar-refractivity contribution in [1.82, 2.24) is 15.2 Å². The van der Waals surface area contributed by atoms with Gasteiger partial charge in [0.1, 0.15) is 12.4 Å². The third-order valence-electron chi connectivity index (χ3n) is 5.97. The average molecular weight is 423 g/mol. The first-order valence-corrected chi connectivity index (χ1v) is 10.8. The van der Waals surface area contributed by atoms with E-state index < -0.39 is 0 Å². The highest BCUT2D eigenvalue weighted by atomic mass is 16.5. The van der Waals surface area contributed by atoms with E-state index in [2.05, 4.69) is 70.6 Å². The van der Waals surface area contributed by atoms with Crippen molar-refractivity contribution in [3.05, 3.63) is 89.9 Å². The molecule has 0 spiro atoms. The van der Waals surface area contributed by atoms with Gasteiger partial charge in [0.2, 0.25) is 0 Å². The molecule has 2 heterocycles. The number of nitrogens with two attached hydrogens (primary N) is 1. The smallest absolute Gasteiger partial charge is 0.138 e. The van der Waals surface area contributed by atoms with Crippen LogP contribution in [0.2, 0.25) is 0 Å². The Labute approximate surface area is 187 Å². The second kappa shape index (κ2) is 8.44. The van der Waals surface area contributed by atoms with E-state index in [1.54, 1.807) is 6.20 Å². The van der Waals surface area contributed by atoms with Gasteiger partial charge in [0, 0.05) is 28.9 Å². The molecule has 160 valence electrons. The normalized spacial score (nSPS) is 12.3. The number of hydrogen-bond donors (Lipinski definition) is 2. The Balaban J connectivity index is 1.30. The van der Waals surface area contributed by atoms with Crippen molar-refractivity contribution in [3.63, 3.8) is 0 Å². The fourth-order valence-corrected chi connectivity index (χ4v) is 4.21. The molecule has 5 rings (SSSR count). The number of ether oxygens (including phenoxy) is 1. The predicted molar refractivity (Wildman–Crippen MR) is 130 cm³/mol. The number of benzene rings is 3. The van der Waals surface area contributed by atoms with Crippen LogP contribution in [-0.4, -0.2) is 27.8 Å². The van der Waals surface area contributed by atoms with Gasteiger partial charge < -0.3 is 10.5 Å². The fraction of sp³-hybridized carbons (Fsp3) is 0.185. The van der Waals surface area contributed by atoms with Crippen LogP contribution in [0.1, 0.15) is 16.8 Å². The van der Waals surface area contributed by atoms with Crippen LogP contribution in [-0.2, 0) is 6.42 Å². The number of pyridine rings is 1. The number of nitrogens with one attached hydrogen (secondary N) is 1. The van der Waals surface area contributed by atoms with Gasteiger partial charge in [-0.3, -0.25) is 10.1 Å². The van der Waals surface area contributed by atoms with E-state index in [-0.39, 0.29) is 6.04 Å². The van der Waals surface area contributed by atoms with Crippen molar-refractivity contribution in [2.75, 3.05) is 6.61 Å². The zero-order valence-corrected chi connectivity index (χ0v) is 18.3. The number of aromatic amines is 1. The van der Waals surface area contributed by atoms with E-state index in [4.69, 9.17) is 10.5 Å². The molecule has 3 aromatic carbocycles. The molecule has 0 saturated heterocycles. The van der Waals surface area contributed by atoms with Gasteiger partial charge in [-0.1, -0.05) is 42.5 Å². The number of aryl methyl sites for hydroxylation is 2. The zero-order chi connectivity index (χ0) is 22.1. The molecule has 0 radical (unpaired) electrons. The molecule has 5 aromatic rings. The minimum absolute atomic E-state index is 0.116. The molecule has 2 aromatic heterocycles. The first kappa shape index (κ1) is 20.2. The van der Waals surface area contributed by atoms with Crippen LogP contribution < -0.4 is 10.5 Å². The maximum Gasteiger partial charge on any atom is 0.138 e. The molecule has 0 aliphatic heterocycles. The Bertz CT molecular complexity index is 1410. The van der Waals surface area contributed by atoms with Gasteiger partial charge in [-0.05, 0) is 65.9 Å². The number of nitrogens with zero attached hydrogens (tertiary/aromatic N) is 2. The highest BCUT2D eigenvalue weighted by molar-refractivity contribution is 5.88. The van der Waals surface area contributed by atoms with E-state index in [1.807, 2.05) is 25.3 Å². The average Bonchev–Trinajstić information content (AvgIpc) is 3.20. The van der Waals surface area contributed by atoms with Gasteiger partial charge in [0.25, 0.3) is 0 Å². The largest absolute Gasteiger partial charge is 0.490 e. The van der Waals surface area contributed by atoms with Crippen molar-refractivity contribution in [2.24, 2.45) is 5.73 Å². The summed E-state index contributed by atoms with van der Waals surface area (Å²) in [6, 6.07) is 20.9. The first-order valence-electron chi connectivity index (χ1n) is 10.8. The summed E-state index contributed by atoms with van der Waals surface area (Å²) in [5.74, 6) is 0.718. The van der Waals surface area contributed by atoms with Crippen molar-refractivity contribution < 1.29 is 4.74 Å². The van der Waals surface area contributed by atoms with E-state index in [9.17, 15) is 0 Å². The maximum absolute atomic E-state index is 6.44. The second-order valence-corrected chi connectivity index (χ2v) is 8.35. The predicted octanol–water partition coefficient (Wildman–Crippen LogP) is 5.34. The standard InChI is InChI=1S/C27H26N4O/c1-17-7-8-20(25-6-4-3-5-24(17)25)11-22(28)16-32-23-12-21(14-29-15-23)19-9-10-27-26(13-19)18(2)30-31-27/h3-10,12-15,22H,11,16,28H2,1-2H3,(H,30,31)/t22-/m0/s1. The van der Waals surface area contributed by atoms with Gasteiger partial charge in [-0.15, -0.1) is 0 Å². The Kier molecular flexibility index (Phi) is 5.33. The Hall–Kier alpha value is -3.70. The second-order valence-electron chi connectivity index (χ2n) is 8.35. The molecule has 1 atom stereocenters. The summed E-state index contributed by atoms with van der Waals surface area (Å²) in [6.07, 6.45) is 4.34. The highest BCUT2D eigenvalue weighted by Crippen LogP contribution is 2.27. The number of aromatic nitrogens is 3. The number of hydrogen-bond acceptors (Lipinski definition) is 4. The molecule has 0 bridgehead atoms. The zero-order valence-electron chi connectivity index (χ0n) is 18.3. The molecule has 5 heteroatoms. The van der Waals surface area contributed by atoms with E-state index in [1.165, 1.54) is 21.9 Å². The maximum atomic E-state index is 6.44. The minimum atomic E-state index is -0.116. The molecular formula is C27H26N4O. The summed E-state index contributed by atoms with van der Waals surface area (Å²) in [4.78, 5) is 4.37. The molecule has 0 amide bonds. The summed E-state index contributed by atoms with van der Waals surface area (Å²) in [5, 5.41) is 11.0.